The monoisotopic (exact) mass is 282 g/mol. The third-order valence-electron chi connectivity index (χ3n) is 2.82. The second kappa shape index (κ2) is 11.3. The third kappa shape index (κ3) is 9.39. The lowest BCUT2D eigenvalue weighted by Gasteiger charge is -2.02. The fraction of sp³-hybridized carbons (Fsp3) is 0.562. The lowest BCUT2D eigenvalue weighted by atomic mass is 10.0. The van der Waals surface area contributed by atoms with Crippen molar-refractivity contribution >= 4 is 5.97 Å². The number of aromatic carboxylic acids is 1. The third-order valence-corrected chi connectivity index (χ3v) is 2.82. The Morgan fingerprint density at radius 3 is 2.15 bits per heavy atom. The molecule has 4 nitrogen and oxygen atoms in total. The molecular weight excluding hydrogens is 256 g/mol. The van der Waals surface area contributed by atoms with Gasteiger partial charge in [-0.05, 0) is 24.5 Å². The first kappa shape index (κ1) is 18.4. The van der Waals surface area contributed by atoms with Gasteiger partial charge in [-0.1, -0.05) is 51.7 Å². The summed E-state index contributed by atoms with van der Waals surface area (Å²) in [4.78, 5) is 10.3. The Morgan fingerprint density at radius 1 is 1.10 bits per heavy atom. The topological polar surface area (TPSA) is 77.8 Å². The van der Waals surface area contributed by atoms with E-state index < -0.39 is 5.97 Å². The van der Waals surface area contributed by atoms with Crippen LogP contribution in [-0.2, 0) is 0 Å². The first-order valence-corrected chi connectivity index (χ1v) is 7.11. The van der Waals surface area contributed by atoms with E-state index in [-0.39, 0.29) is 11.3 Å². The molecular formula is C16H26O4. The van der Waals surface area contributed by atoms with Gasteiger partial charge in [-0.2, -0.15) is 0 Å². The Kier molecular flexibility index (Phi) is 10.4. The van der Waals surface area contributed by atoms with Crippen LogP contribution in [0.4, 0.5) is 0 Å². The van der Waals surface area contributed by atoms with Gasteiger partial charge in [-0.3, -0.25) is 0 Å². The Labute approximate surface area is 121 Å². The average Bonchev–Trinajstić information content (AvgIpc) is 2.39. The molecule has 0 radical (unpaired) electrons. The molecule has 20 heavy (non-hydrogen) atoms. The number of unbranched alkanes of at least 4 members (excludes halogenated alkanes) is 3. The molecule has 0 heterocycles. The van der Waals surface area contributed by atoms with Crippen LogP contribution in [-0.4, -0.2) is 27.9 Å². The van der Waals surface area contributed by atoms with Gasteiger partial charge in [0, 0.05) is 6.61 Å². The maximum absolute atomic E-state index is 10.3. The molecule has 0 aliphatic carbocycles. The largest absolute Gasteiger partial charge is 0.507 e. The second-order valence-electron chi connectivity index (χ2n) is 5.14. The zero-order chi connectivity index (χ0) is 15.4. The quantitative estimate of drug-likeness (QED) is 0.667. The first-order chi connectivity index (χ1) is 9.49. The predicted molar refractivity (Wildman–Crippen MR) is 80.1 cm³/mol. The highest BCUT2D eigenvalue weighted by Crippen LogP contribution is 2.14. The SMILES string of the molecule is CC(C)CCCCCCO.O=C(O)c1ccccc1O. The minimum atomic E-state index is -1.11. The highest BCUT2D eigenvalue weighted by molar-refractivity contribution is 5.90. The van der Waals surface area contributed by atoms with Gasteiger partial charge in [0.05, 0.1) is 0 Å². The summed E-state index contributed by atoms with van der Waals surface area (Å²) < 4.78 is 0. The van der Waals surface area contributed by atoms with E-state index in [1.165, 1.54) is 37.8 Å². The number of carboxylic acids is 1. The van der Waals surface area contributed by atoms with Gasteiger partial charge in [0.2, 0.25) is 0 Å². The summed E-state index contributed by atoms with van der Waals surface area (Å²) in [6, 6.07) is 5.81. The summed E-state index contributed by atoms with van der Waals surface area (Å²) in [5.41, 5.74) is -0.0671. The number of carboxylic acid groups (broad SMARTS) is 1. The molecule has 0 atom stereocenters. The minimum Gasteiger partial charge on any atom is -0.507 e. The van der Waals surface area contributed by atoms with E-state index in [0.717, 1.165) is 12.3 Å². The smallest absolute Gasteiger partial charge is 0.339 e. The van der Waals surface area contributed by atoms with Crippen LogP contribution in [0, 0.1) is 5.92 Å². The van der Waals surface area contributed by atoms with Crippen LogP contribution < -0.4 is 0 Å². The highest BCUT2D eigenvalue weighted by atomic mass is 16.4. The number of benzene rings is 1. The summed E-state index contributed by atoms with van der Waals surface area (Å²) in [6.45, 7) is 4.87. The molecule has 1 rings (SSSR count). The van der Waals surface area contributed by atoms with Gasteiger partial charge in [-0.25, -0.2) is 4.79 Å². The summed E-state index contributed by atoms with van der Waals surface area (Å²) >= 11 is 0. The fourth-order valence-corrected chi connectivity index (χ4v) is 1.67. The molecule has 3 N–H and O–H groups in total. The van der Waals surface area contributed by atoms with Gasteiger partial charge >= 0.3 is 5.97 Å². The average molecular weight is 282 g/mol. The molecule has 114 valence electrons. The number of hydrogen-bond acceptors (Lipinski definition) is 3. The second-order valence-corrected chi connectivity index (χ2v) is 5.14. The van der Waals surface area contributed by atoms with Crippen LogP contribution in [0.15, 0.2) is 24.3 Å². The van der Waals surface area contributed by atoms with Crippen LogP contribution in [0.1, 0.15) is 56.3 Å². The van der Waals surface area contributed by atoms with Gasteiger partial charge in [-0.15, -0.1) is 0 Å². The zero-order valence-electron chi connectivity index (χ0n) is 12.4. The van der Waals surface area contributed by atoms with Crippen molar-refractivity contribution in [2.24, 2.45) is 5.92 Å². The van der Waals surface area contributed by atoms with E-state index in [2.05, 4.69) is 13.8 Å². The first-order valence-electron chi connectivity index (χ1n) is 7.11. The molecule has 0 spiro atoms. The molecule has 0 saturated carbocycles. The van der Waals surface area contributed by atoms with E-state index in [0.29, 0.717) is 6.61 Å². The Hall–Kier alpha value is -1.55. The van der Waals surface area contributed by atoms with Gasteiger partial charge in [0.25, 0.3) is 0 Å². The lowest BCUT2D eigenvalue weighted by molar-refractivity contribution is 0.0693. The molecule has 0 aromatic heterocycles. The summed E-state index contributed by atoms with van der Waals surface area (Å²) in [5.74, 6) is -0.470. The fourth-order valence-electron chi connectivity index (χ4n) is 1.67. The molecule has 0 aliphatic rings. The number of phenols is 1. The number of rotatable bonds is 7. The molecule has 0 bridgehead atoms. The number of aliphatic hydroxyl groups excluding tert-OH is 1. The van der Waals surface area contributed by atoms with Gasteiger partial charge < -0.3 is 15.3 Å². The Bertz CT molecular complexity index is 374. The van der Waals surface area contributed by atoms with E-state index in [4.69, 9.17) is 15.3 Å². The van der Waals surface area contributed by atoms with Crippen molar-refractivity contribution in [2.75, 3.05) is 6.61 Å². The number of para-hydroxylation sites is 1. The highest BCUT2D eigenvalue weighted by Gasteiger charge is 2.05. The molecule has 1 aromatic carbocycles. The minimum absolute atomic E-state index is 0.0671. The Balaban J connectivity index is 0.000000361. The normalized spacial score (nSPS) is 10.0. The van der Waals surface area contributed by atoms with Gasteiger partial charge in [0.1, 0.15) is 11.3 Å². The van der Waals surface area contributed by atoms with Crippen molar-refractivity contribution in [1.82, 2.24) is 0 Å². The maximum Gasteiger partial charge on any atom is 0.339 e. The van der Waals surface area contributed by atoms with Crippen molar-refractivity contribution in [1.29, 1.82) is 0 Å². The summed E-state index contributed by atoms with van der Waals surface area (Å²) in [7, 11) is 0. The number of hydrogen-bond donors (Lipinski definition) is 3. The summed E-state index contributed by atoms with van der Waals surface area (Å²) in [5, 5.41) is 25.8. The number of aromatic hydroxyl groups is 1. The summed E-state index contributed by atoms with van der Waals surface area (Å²) in [6.07, 6.45) is 6.14. The van der Waals surface area contributed by atoms with Crippen LogP contribution in [0.3, 0.4) is 0 Å². The van der Waals surface area contributed by atoms with E-state index in [1.807, 2.05) is 0 Å². The molecule has 0 fully saturated rings. The number of aliphatic hydroxyl groups is 1. The van der Waals surface area contributed by atoms with Crippen molar-refractivity contribution in [3.63, 3.8) is 0 Å². The molecule has 0 amide bonds. The molecule has 0 aliphatic heterocycles. The van der Waals surface area contributed by atoms with E-state index in [1.54, 1.807) is 12.1 Å². The van der Waals surface area contributed by atoms with E-state index in [9.17, 15) is 4.79 Å². The number of carbonyl (C=O) groups is 1. The molecule has 0 unspecified atom stereocenters. The van der Waals surface area contributed by atoms with E-state index >= 15 is 0 Å². The molecule has 4 heteroatoms. The maximum atomic E-state index is 10.3. The molecule has 0 saturated heterocycles. The van der Waals surface area contributed by atoms with Crippen molar-refractivity contribution in [3.05, 3.63) is 29.8 Å². The lowest BCUT2D eigenvalue weighted by Crippen LogP contribution is -1.95. The van der Waals surface area contributed by atoms with Crippen LogP contribution >= 0.6 is 0 Å². The standard InChI is InChI=1S/C9H20O.C7H6O3/c1-9(2)7-5-3-4-6-8-10;8-6-4-2-1-3-5(6)7(9)10/h9-10H,3-8H2,1-2H3;1-4,8H,(H,9,10). The zero-order valence-corrected chi connectivity index (χ0v) is 12.4. The van der Waals surface area contributed by atoms with Gasteiger partial charge in [0.15, 0.2) is 0 Å². The van der Waals surface area contributed by atoms with Crippen molar-refractivity contribution in [3.8, 4) is 5.75 Å². The Morgan fingerprint density at radius 2 is 1.70 bits per heavy atom. The van der Waals surface area contributed by atoms with Crippen LogP contribution in [0.25, 0.3) is 0 Å². The predicted octanol–water partition coefficient (Wildman–Crippen LogP) is 3.68. The van der Waals surface area contributed by atoms with Crippen LogP contribution in [0.5, 0.6) is 5.75 Å². The van der Waals surface area contributed by atoms with Crippen LogP contribution in [0.2, 0.25) is 0 Å². The van der Waals surface area contributed by atoms with Crippen molar-refractivity contribution in [2.45, 2.75) is 46.0 Å². The van der Waals surface area contributed by atoms with Crippen molar-refractivity contribution < 1.29 is 20.1 Å². The molecule has 1 aromatic rings.